The molecule has 2 aromatic carbocycles. The Balaban J connectivity index is 1.81. The fourth-order valence-corrected chi connectivity index (χ4v) is 4.64. The molecule has 0 heterocycles. The molecule has 1 saturated carbocycles. The number of amides is 1. The Morgan fingerprint density at radius 1 is 1.09 bits per heavy atom. The van der Waals surface area contributed by atoms with Gasteiger partial charge in [-0.05, 0) is 50.8 Å². The zero-order valence-corrected chi connectivity index (χ0v) is 20.1. The van der Waals surface area contributed by atoms with E-state index in [0.29, 0.717) is 30.4 Å². The number of guanidine groups is 1. The number of nitrogens with zero attached hydrogens (tertiary/aromatic N) is 2. The van der Waals surface area contributed by atoms with Crippen LogP contribution in [-0.2, 0) is 5.41 Å². The molecule has 0 aromatic heterocycles. The highest BCUT2D eigenvalue weighted by atomic mass is 16.5. The predicted molar refractivity (Wildman–Crippen MR) is 132 cm³/mol. The van der Waals surface area contributed by atoms with E-state index in [1.807, 2.05) is 43.4 Å². The van der Waals surface area contributed by atoms with E-state index in [-0.39, 0.29) is 17.4 Å². The van der Waals surface area contributed by atoms with Gasteiger partial charge in [-0.15, -0.1) is 0 Å². The van der Waals surface area contributed by atoms with Crippen molar-refractivity contribution in [2.75, 3.05) is 27.3 Å². The van der Waals surface area contributed by atoms with E-state index in [4.69, 9.17) is 14.7 Å². The minimum absolute atomic E-state index is 0.164. The van der Waals surface area contributed by atoms with Crippen LogP contribution in [0.4, 0.5) is 0 Å². The summed E-state index contributed by atoms with van der Waals surface area (Å²) >= 11 is 0. The van der Waals surface area contributed by atoms with Crippen molar-refractivity contribution >= 4 is 11.9 Å². The van der Waals surface area contributed by atoms with Crippen molar-refractivity contribution in [2.45, 2.75) is 44.1 Å². The lowest BCUT2D eigenvalue weighted by atomic mass is 9.67. The summed E-state index contributed by atoms with van der Waals surface area (Å²) in [5, 5.41) is 18.1. The van der Waals surface area contributed by atoms with Crippen LogP contribution in [0.3, 0.4) is 0 Å². The molecular formula is C26H33N5O3. The van der Waals surface area contributed by atoms with Gasteiger partial charge in [0, 0.05) is 30.1 Å². The molecule has 8 nitrogen and oxygen atoms in total. The number of benzene rings is 2. The SMILES string of the molecule is CCN=C(NC#N)NC1CCC(CNC(=O)c2ccccc2OC)(c2ccccc2OC)CC1. The van der Waals surface area contributed by atoms with Gasteiger partial charge in [0.25, 0.3) is 5.91 Å². The van der Waals surface area contributed by atoms with Crippen LogP contribution in [0.25, 0.3) is 0 Å². The zero-order valence-electron chi connectivity index (χ0n) is 20.1. The average Bonchev–Trinajstić information content (AvgIpc) is 2.88. The van der Waals surface area contributed by atoms with Gasteiger partial charge in [0.05, 0.1) is 19.8 Å². The maximum Gasteiger partial charge on any atom is 0.255 e. The van der Waals surface area contributed by atoms with Crippen molar-refractivity contribution in [1.82, 2.24) is 16.0 Å². The summed E-state index contributed by atoms with van der Waals surface area (Å²) in [7, 11) is 3.24. The van der Waals surface area contributed by atoms with E-state index < -0.39 is 0 Å². The summed E-state index contributed by atoms with van der Waals surface area (Å²) in [5.74, 6) is 1.71. The molecule has 1 amide bonds. The number of methoxy groups -OCH3 is 2. The Bertz CT molecular complexity index is 1040. The number of aliphatic imine (C=N–C) groups is 1. The van der Waals surface area contributed by atoms with Crippen LogP contribution in [0, 0.1) is 11.5 Å². The molecule has 1 aliphatic carbocycles. The van der Waals surface area contributed by atoms with Crippen molar-refractivity contribution in [2.24, 2.45) is 4.99 Å². The first kappa shape index (κ1) is 24.9. The minimum Gasteiger partial charge on any atom is -0.496 e. The normalized spacial score (nSPS) is 20.1. The molecule has 0 aliphatic heterocycles. The molecular weight excluding hydrogens is 430 g/mol. The van der Waals surface area contributed by atoms with E-state index >= 15 is 0 Å². The van der Waals surface area contributed by atoms with Gasteiger partial charge in [-0.25, -0.2) is 0 Å². The number of nitriles is 1. The molecule has 180 valence electrons. The van der Waals surface area contributed by atoms with Crippen molar-refractivity contribution in [3.05, 3.63) is 59.7 Å². The van der Waals surface area contributed by atoms with Crippen molar-refractivity contribution < 1.29 is 14.3 Å². The summed E-state index contributed by atoms with van der Waals surface area (Å²) < 4.78 is 11.1. The molecule has 2 aromatic rings. The van der Waals surface area contributed by atoms with Gasteiger partial charge in [0.2, 0.25) is 5.96 Å². The average molecular weight is 464 g/mol. The molecule has 3 N–H and O–H groups in total. The lowest BCUT2D eigenvalue weighted by Crippen LogP contribution is -2.49. The van der Waals surface area contributed by atoms with Crippen LogP contribution in [0.2, 0.25) is 0 Å². The molecule has 1 fully saturated rings. The van der Waals surface area contributed by atoms with Gasteiger partial charge in [-0.2, -0.15) is 5.26 Å². The third-order valence-electron chi connectivity index (χ3n) is 6.39. The summed E-state index contributed by atoms with van der Waals surface area (Å²) in [6, 6.07) is 15.4. The standard InChI is InChI=1S/C26H33N5O3/c1-4-28-25(30-18-27)31-19-13-15-26(16-14-19,21-10-6-8-12-23(21)34-3)17-29-24(32)20-9-5-7-11-22(20)33-2/h5-12,19H,4,13-17H2,1-3H3,(H,29,32)(H2,28,30,31). The van der Waals surface area contributed by atoms with Gasteiger partial charge < -0.3 is 20.1 Å². The Labute approximate surface area is 201 Å². The van der Waals surface area contributed by atoms with E-state index in [0.717, 1.165) is 37.0 Å². The quantitative estimate of drug-likeness (QED) is 0.240. The van der Waals surface area contributed by atoms with Gasteiger partial charge in [0.1, 0.15) is 11.5 Å². The van der Waals surface area contributed by atoms with Gasteiger partial charge in [-0.1, -0.05) is 30.3 Å². The summed E-state index contributed by atoms with van der Waals surface area (Å²) in [6.07, 6.45) is 5.33. The highest BCUT2D eigenvalue weighted by molar-refractivity contribution is 5.97. The molecule has 3 rings (SSSR count). The first-order valence-corrected chi connectivity index (χ1v) is 11.6. The fourth-order valence-electron chi connectivity index (χ4n) is 4.64. The topological polar surface area (TPSA) is 108 Å². The molecule has 0 spiro atoms. The number of hydrogen-bond acceptors (Lipinski definition) is 5. The Hall–Kier alpha value is -3.73. The molecule has 0 atom stereocenters. The van der Waals surface area contributed by atoms with E-state index in [2.05, 4.69) is 27.0 Å². The number of hydrogen-bond donors (Lipinski definition) is 3. The van der Waals surface area contributed by atoms with Gasteiger partial charge in [0.15, 0.2) is 6.19 Å². The maximum absolute atomic E-state index is 13.1. The molecule has 0 unspecified atom stereocenters. The van der Waals surface area contributed by atoms with Gasteiger partial charge in [-0.3, -0.25) is 15.1 Å². The number of ether oxygens (including phenoxy) is 2. The second-order valence-electron chi connectivity index (χ2n) is 8.34. The Morgan fingerprint density at radius 2 is 1.74 bits per heavy atom. The van der Waals surface area contributed by atoms with Crippen molar-refractivity contribution in [1.29, 1.82) is 5.26 Å². The van der Waals surface area contributed by atoms with Crippen LogP contribution in [-0.4, -0.2) is 45.2 Å². The second kappa shape index (κ2) is 11.9. The molecule has 0 radical (unpaired) electrons. The number of rotatable bonds is 8. The number of para-hydroxylation sites is 2. The fraction of sp³-hybridized carbons (Fsp3) is 0.423. The monoisotopic (exact) mass is 463 g/mol. The van der Waals surface area contributed by atoms with Crippen LogP contribution < -0.4 is 25.4 Å². The van der Waals surface area contributed by atoms with E-state index in [1.54, 1.807) is 26.4 Å². The Kier molecular flexibility index (Phi) is 8.74. The van der Waals surface area contributed by atoms with Crippen LogP contribution in [0.15, 0.2) is 53.5 Å². The minimum atomic E-state index is -0.285. The number of carbonyl (C=O) groups excluding carboxylic acids is 1. The number of nitrogens with one attached hydrogen (secondary N) is 3. The zero-order chi connectivity index (χ0) is 24.4. The van der Waals surface area contributed by atoms with Crippen molar-refractivity contribution in [3.63, 3.8) is 0 Å². The van der Waals surface area contributed by atoms with Gasteiger partial charge >= 0.3 is 0 Å². The summed E-state index contributed by atoms with van der Waals surface area (Å²) in [6.45, 7) is 2.99. The van der Waals surface area contributed by atoms with Crippen LogP contribution in [0.5, 0.6) is 11.5 Å². The molecule has 34 heavy (non-hydrogen) atoms. The van der Waals surface area contributed by atoms with Crippen LogP contribution >= 0.6 is 0 Å². The first-order valence-electron chi connectivity index (χ1n) is 11.6. The second-order valence-corrected chi connectivity index (χ2v) is 8.34. The molecule has 8 heteroatoms. The largest absolute Gasteiger partial charge is 0.496 e. The summed E-state index contributed by atoms with van der Waals surface area (Å²) in [5.41, 5.74) is 1.32. The summed E-state index contributed by atoms with van der Waals surface area (Å²) in [4.78, 5) is 17.4. The lowest BCUT2D eigenvalue weighted by molar-refractivity contribution is 0.0931. The maximum atomic E-state index is 13.1. The first-order chi connectivity index (χ1) is 16.6. The van der Waals surface area contributed by atoms with E-state index in [9.17, 15) is 4.79 Å². The molecule has 0 saturated heterocycles. The number of carbonyl (C=O) groups is 1. The highest BCUT2D eigenvalue weighted by Crippen LogP contribution is 2.43. The Morgan fingerprint density at radius 3 is 2.38 bits per heavy atom. The predicted octanol–water partition coefficient (Wildman–Crippen LogP) is 3.35. The van der Waals surface area contributed by atoms with Crippen LogP contribution in [0.1, 0.15) is 48.5 Å². The molecule has 1 aliphatic rings. The highest BCUT2D eigenvalue weighted by Gasteiger charge is 2.39. The molecule has 0 bridgehead atoms. The van der Waals surface area contributed by atoms with Crippen molar-refractivity contribution in [3.8, 4) is 17.7 Å². The smallest absolute Gasteiger partial charge is 0.255 e. The third kappa shape index (κ3) is 5.79. The lowest BCUT2D eigenvalue weighted by Gasteiger charge is -2.41. The third-order valence-corrected chi connectivity index (χ3v) is 6.39. The van der Waals surface area contributed by atoms with E-state index in [1.165, 1.54) is 0 Å².